The van der Waals surface area contributed by atoms with Gasteiger partial charge in [-0.2, -0.15) is 0 Å². The largest absolute Gasteiger partial charge is 0.450 e. The molecule has 3 aromatic rings. The van der Waals surface area contributed by atoms with E-state index in [1.54, 1.807) is 17.0 Å². The van der Waals surface area contributed by atoms with Gasteiger partial charge >= 0.3 is 0 Å². The van der Waals surface area contributed by atoms with E-state index in [-0.39, 0.29) is 22.5 Å². The average Bonchev–Trinajstić information content (AvgIpc) is 2.98. The van der Waals surface area contributed by atoms with Crippen molar-refractivity contribution < 1.29 is 9.21 Å². The first-order valence-corrected chi connectivity index (χ1v) is 10.3. The molecule has 4 rings (SSSR count). The van der Waals surface area contributed by atoms with Crippen molar-refractivity contribution in [2.45, 2.75) is 32.2 Å². The molecule has 0 saturated carbocycles. The molecule has 0 spiro atoms. The molecule has 0 fully saturated rings. The minimum atomic E-state index is -0.442. The molecule has 0 bridgehead atoms. The molecule has 0 N–H and O–H groups in total. The molecule has 0 saturated heterocycles. The minimum absolute atomic E-state index is 0.0295. The van der Waals surface area contributed by atoms with Gasteiger partial charge in [0.15, 0.2) is 5.43 Å². The summed E-state index contributed by atoms with van der Waals surface area (Å²) in [5.41, 5.74) is 2.93. The molecule has 2 aromatic carbocycles. The van der Waals surface area contributed by atoms with Crippen LogP contribution in [0.15, 0.2) is 57.7 Å². The summed E-state index contributed by atoms with van der Waals surface area (Å²) in [4.78, 5) is 30.5. The Kier molecular flexibility index (Phi) is 5.02. The topological polar surface area (TPSA) is 53.8 Å². The molecule has 2 heterocycles. The van der Waals surface area contributed by atoms with Crippen LogP contribution in [0.1, 0.15) is 54.1 Å². The Labute approximate surface area is 176 Å². The van der Waals surface area contributed by atoms with E-state index >= 15 is 0 Å². The number of para-hydroxylation sites is 1. The van der Waals surface area contributed by atoms with Crippen LogP contribution in [0.4, 0.5) is 0 Å². The molecule has 1 aliphatic heterocycles. The van der Waals surface area contributed by atoms with E-state index in [9.17, 15) is 9.59 Å². The highest BCUT2D eigenvalue weighted by Gasteiger charge is 2.42. The van der Waals surface area contributed by atoms with Crippen molar-refractivity contribution in [2.75, 3.05) is 27.2 Å². The van der Waals surface area contributed by atoms with Gasteiger partial charge in [-0.05, 0) is 42.8 Å². The van der Waals surface area contributed by atoms with Crippen LogP contribution in [-0.4, -0.2) is 42.9 Å². The van der Waals surface area contributed by atoms with E-state index in [0.717, 1.165) is 5.56 Å². The van der Waals surface area contributed by atoms with E-state index in [2.05, 4.69) is 32.9 Å². The number of benzene rings is 2. The van der Waals surface area contributed by atoms with Crippen LogP contribution in [0, 0.1) is 0 Å². The smallest absolute Gasteiger partial charge is 0.290 e. The highest BCUT2D eigenvalue weighted by molar-refractivity contribution is 5.99. The van der Waals surface area contributed by atoms with Gasteiger partial charge in [0.05, 0.1) is 17.0 Å². The third kappa shape index (κ3) is 3.43. The summed E-state index contributed by atoms with van der Waals surface area (Å²) in [6.45, 7) is 7.71. The lowest BCUT2D eigenvalue weighted by Crippen LogP contribution is -2.35. The predicted molar refractivity (Wildman–Crippen MR) is 119 cm³/mol. The predicted octanol–water partition coefficient (Wildman–Crippen LogP) is 4.20. The molecule has 30 heavy (non-hydrogen) atoms. The lowest BCUT2D eigenvalue weighted by Gasteiger charge is -2.27. The van der Waals surface area contributed by atoms with Crippen LogP contribution in [0.5, 0.6) is 0 Å². The summed E-state index contributed by atoms with van der Waals surface area (Å²) in [7, 11) is 3.94. The van der Waals surface area contributed by atoms with Crippen molar-refractivity contribution in [2.24, 2.45) is 0 Å². The minimum Gasteiger partial charge on any atom is -0.450 e. The lowest BCUT2D eigenvalue weighted by molar-refractivity contribution is 0.0716. The molecular formula is C25H28N2O3. The summed E-state index contributed by atoms with van der Waals surface area (Å²) >= 11 is 0. The maximum atomic E-state index is 13.4. The molecule has 1 aromatic heterocycles. The fourth-order valence-electron chi connectivity index (χ4n) is 4.02. The number of carbonyl (C=O) groups is 1. The number of fused-ring (bicyclic) bond motifs is 2. The Morgan fingerprint density at radius 3 is 2.30 bits per heavy atom. The first-order valence-electron chi connectivity index (χ1n) is 10.3. The summed E-state index contributed by atoms with van der Waals surface area (Å²) in [6, 6.07) is 14.9. The van der Waals surface area contributed by atoms with Gasteiger partial charge in [-0.15, -0.1) is 0 Å². The summed E-state index contributed by atoms with van der Waals surface area (Å²) < 4.78 is 5.96. The number of carbonyl (C=O) groups excluding carboxylic acids is 1. The first kappa shape index (κ1) is 20.4. The van der Waals surface area contributed by atoms with Gasteiger partial charge < -0.3 is 14.2 Å². The highest BCUT2D eigenvalue weighted by Crippen LogP contribution is 2.38. The summed E-state index contributed by atoms with van der Waals surface area (Å²) in [6.07, 6.45) is 0. The van der Waals surface area contributed by atoms with E-state index in [0.29, 0.717) is 29.6 Å². The van der Waals surface area contributed by atoms with Crippen LogP contribution < -0.4 is 5.43 Å². The van der Waals surface area contributed by atoms with Gasteiger partial charge in [-0.1, -0.05) is 57.2 Å². The number of hydrogen-bond donors (Lipinski definition) is 0. The summed E-state index contributed by atoms with van der Waals surface area (Å²) in [5.74, 6) is -0.0537. The molecule has 1 aliphatic rings. The van der Waals surface area contributed by atoms with Crippen molar-refractivity contribution >= 4 is 16.9 Å². The Bertz CT molecular complexity index is 1150. The number of hydrogen-bond acceptors (Lipinski definition) is 4. The molecular weight excluding hydrogens is 376 g/mol. The standard InChI is InChI=1S/C25H28N2O3/c1-25(2,3)17-12-10-16(11-13-17)21-20-22(28)18-8-6-7-9-19(18)30-23(20)24(29)27(21)15-14-26(4)5/h6-13,21H,14-15H2,1-5H3/t21-/m0/s1. The Morgan fingerprint density at radius 1 is 1.00 bits per heavy atom. The third-order valence-corrected chi connectivity index (χ3v) is 5.75. The number of likely N-dealkylation sites (N-methyl/N-ethyl adjacent to an activating group) is 1. The zero-order chi connectivity index (χ0) is 21.6. The molecule has 5 heteroatoms. The van der Waals surface area contributed by atoms with Crippen LogP contribution in [0.3, 0.4) is 0 Å². The highest BCUT2D eigenvalue weighted by atomic mass is 16.3. The third-order valence-electron chi connectivity index (χ3n) is 5.75. The van der Waals surface area contributed by atoms with Gasteiger partial charge in [0.2, 0.25) is 5.76 Å². The molecule has 0 unspecified atom stereocenters. The molecule has 1 amide bonds. The zero-order valence-corrected chi connectivity index (χ0v) is 18.2. The maximum Gasteiger partial charge on any atom is 0.290 e. The Hall–Kier alpha value is -2.92. The number of rotatable bonds is 4. The normalized spacial score (nSPS) is 16.5. The summed E-state index contributed by atoms with van der Waals surface area (Å²) in [5, 5.41) is 0.509. The van der Waals surface area contributed by atoms with Crippen LogP contribution >= 0.6 is 0 Å². The maximum absolute atomic E-state index is 13.4. The van der Waals surface area contributed by atoms with E-state index in [1.165, 1.54) is 5.56 Å². The second kappa shape index (κ2) is 7.40. The van der Waals surface area contributed by atoms with Crippen LogP contribution in [0.2, 0.25) is 0 Å². The number of nitrogens with zero attached hydrogens (tertiary/aromatic N) is 2. The van der Waals surface area contributed by atoms with E-state index in [4.69, 9.17) is 4.42 Å². The second-order valence-electron chi connectivity index (χ2n) is 9.25. The van der Waals surface area contributed by atoms with Crippen LogP contribution in [-0.2, 0) is 5.41 Å². The Morgan fingerprint density at radius 2 is 1.67 bits per heavy atom. The monoisotopic (exact) mass is 404 g/mol. The van der Waals surface area contributed by atoms with Crippen molar-refractivity contribution in [3.05, 3.63) is 81.2 Å². The SMILES string of the molecule is CN(C)CCN1C(=O)c2oc3ccccc3c(=O)c2[C@@H]1c1ccc(C(C)(C)C)cc1. The first-order chi connectivity index (χ1) is 14.2. The van der Waals surface area contributed by atoms with Gasteiger partial charge in [0.25, 0.3) is 5.91 Å². The van der Waals surface area contributed by atoms with Crippen molar-refractivity contribution in [3.8, 4) is 0 Å². The van der Waals surface area contributed by atoms with Gasteiger partial charge in [-0.3, -0.25) is 9.59 Å². The van der Waals surface area contributed by atoms with Crippen LogP contribution in [0.25, 0.3) is 11.0 Å². The van der Waals surface area contributed by atoms with Gasteiger partial charge in [0.1, 0.15) is 5.58 Å². The lowest BCUT2D eigenvalue weighted by atomic mass is 9.86. The van der Waals surface area contributed by atoms with E-state index in [1.807, 2.05) is 43.3 Å². The number of amides is 1. The van der Waals surface area contributed by atoms with Crippen molar-refractivity contribution in [1.82, 2.24) is 9.80 Å². The average molecular weight is 405 g/mol. The molecule has 0 aliphatic carbocycles. The second-order valence-corrected chi connectivity index (χ2v) is 9.25. The van der Waals surface area contributed by atoms with Gasteiger partial charge in [0, 0.05) is 13.1 Å². The fourth-order valence-corrected chi connectivity index (χ4v) is 4.02. The molecule has 0 radical (unpaired) electrons. The zero-order valence-electron chi connectivity index (χ0n) is 18.2. The van der Waals surface area contributed by atoms with Crippen molar-refractivity contribution in [3.63, 3.8) is 0 Å². The van der Waals surface area contributed by atoms with Gasteiger partial charge in [-0.25, -0.2) is 0 Å². The molecule has 5 nitrogen and oxygen atoms in total. The fraction of sp³-hybridized carbons (Fsp3) is 0.360. The molecule has 1 atom stereocenters. The Balaban J connectivity index is 1.89. The van der Waals surface area contributed by atoms with Crippen molar-refractivity contribution in [1.29, 1.82) is 0 Å². The quantitative estimate of drug-likeness (QED) is 0.654. The molecule has 156 valence electrons. The van der Waals surface area contributed by atoms with E-state index < -0.39 is 6.04 Å².